The molecule has 178 valence electrons. The van der Waals surface area contributed by atoms with Gasteiger partial charge in [0.15, 0.2) is 0 Å². The molecule has 0 radical (unpaired) electrons. The van der Waals surface area contributed by atoms with E-state index in [1.807, 2.05) is 12.1 Å². The molecule has 3 fully saturated rings. The van der Waals surface area contributed by atoms with Gasteiger partial charge in [-0.15, -0.1) is 0 Å². The number of pyridine rings is 1. The fraction of sp³-hybridized carbons (Fsp3) is 0.444. The number of aliphatic carboxylic acids is 1. The number of carboxylic acids is 1. The van der Waals surface area contributed by atoms with Crippen molar-refractivity contribution in [2.75, 3.05) is 11.9 Å². The van der Waals surface area contributed by atoms with Crippen molar-refractivity contribution in [1.29, 1.82) is 0 Å². The minimum Gasteiger partial charge on any atom is -0.481 e. The Labute approximate surface area is 199 Å². The van der Waals surface area contributed by atoms with E-state index in [0.717, 1.165) is 48.4 Å². The molecule has 2 bridgehead atoms. The van der Waals surface area contributed by atoms with Crippen LogP contribution in [0.25, 0.3) is 11.3 Å². The van der Waals surface area contributed by atoms with Gasteiger partial charge in [-0.25, -0.2) is 4.98 Å². The lowest BCUT2D eigenvalue weighted by atomic mass is 9.62. The number of nitrogens with zero attached hydrogens (tertiary/aromatic N) is 2. The summed E-state index contributed by atoms with van der Waals surface area (Å²) in [5, 5.41) is 12.4. The monoisotopic (exact) mass is 461 g/mol. The molecule has 7 heteroatoms. The van der Waals surface area contributed by atoms with Gasteiger partial charge in [-0.2, -0.15) is 0 Å². The van der Waals surface area contributed by atoms with E-state index in [-0.39, 0.29) is 17.3 Å². The van der Waals surface area contributed by atoms with Crippen LogP contribution in [0.2, 0.25) is 0 Å². The summed E-state index contributed by atoms with van der Waals surface area (Å²) in [5.41, 5.74) is 3.44. The first-order valence-electron chi connectivity index (χ1n) is 11.8. The van der Waals surface area contributed by atoms with E-state index in [1.54, 1.807) is 12.4 Å². The van der Waals surface area contributed by atoms with Gasteiger partial charge in [0, 0.05) is 16.4 Å². The van der Waals surface area contributed by atoms with Crippen LogP contribution in [-0.4, -0.2) is 33.3 Å². The Balaban J connectivity index is 1.25. The number of anilines is 2. The van der Waals surface area contributed by atoms with E-state index < -0.39 is 11.6 Å². The van der Waals surface area contributed by atoms with Crippen molar-refractivity contribution in [2.45, 2.75) is 69.3 Å². The summed E-state index contributed by atoms with van der Waals surface area (Å²) in [7, 11) is 0. The first kappa shape index (κ1) is 22.6. The number of hydrogen-bond donors (Lipinski definition) is 2. The van der Waals surface area contributed by atoms with Crippen molar-refractivity contribution in [1.82, 2.24) is 9.97 Å². The van der Waals surface area contributed by atoms with Gasteiger partial charge in [-0.05, 0) is 43.4 Å². The molecule has 2 saturated heterocycles. The van der Waals surface area contributed by atoms with Crippen molar-refractivity contribution >= 4 is 17.7 Å². The van der Waals surface area contributed by atoms with Gasteiger partial charge >= 0.3 is 5.97 Å². The Morgan fingerprint density at radius 3 is 2.29 bits per heavy atom. The summed E-state index contributed by atoms with van der Waals surface area (Å²) in [6, 6.07) is 13.0. The molecule has 1 aromatic carbocycles. The average Bonchev–Trinajstić information content (AvgIpc) is 3.30. The molecule has 6 rings (SSSR count). The fourth-order valence-corrected chi connectivity index (χ4v) is 5.07. The Morgan fingerprint density at radius 1 is 1.03 bits per heavy atom. The number of oxazole rings is 1. The largest absolute Gasteiger partial charge is 0.481 e. The molecule has 34 heavy (non-hydrogen) atoms. The molecule has 3 aromatic rings. The SMILES string of the molecule is CC(C)(C)c1cnc(Nc2ccc(-c3ccc(C45CCC(CC(=O)O)(CC4)OC5)cc3)nc2)o1. The second kappa shape index (κ2) is 8.24. The second-order valence-electron chi connectivity index (χ2n) is 10.7. The van der Waals surface area contributed by atoms with Crippen LogP contribution in [0.4, 0.5) is 11.7 Å². The van der Waals surface area contributed by atoms with Gasteiger partial charge in [0.2, 0.25) is 0 Å². The molecule has 0 atom stereocenters. The summed E-state index contributed by atoms with van der Waals surface area (Å²) in [6.07, 6.45) is 7.18. The molecule has 1 aliphatic carbocycles. The Bertz CT molecular complexity index is 1150. The lowest BCUT2D eigenvalue weighted by Crippen LogP contribution is -2.54. The quantitative estimate of drug-likeness (QED) is 0.476. The summed E-state index contributed by atoms with van der Waals surface area (Å²) < 4.78 is 11.9. The Kier molecular flexibility index (Phi) is 5.47. The lowest BCUT2D eigenvalue weighted by Gasteiger charge is -2.53. The first-order chi connectivity index (χ1) is 16.2. The highest BCUT2D eigenvalue weighted by Gasteiger charge is 2.51. The Morgan fingerprint density at radius 2 is 1.76 bits per heavy atom. The molecule has 3 aliphatic rings. The molecular weight excluding hydrogens is 430 g/mol. The van der Waals surface area contributed by atoms with Crippen LogP contribution in [0.5, 0.6) is 0 Å². The van der Waals surface area contributed by atoms with E-state index in [9.17, 15) is 9.90 Å². The normalized spacial score (nSPS) is 24.2. The summed E-state index contributed by atoms with van der Waals surface area (Å²) in [6.45, 7) is 6.85. The highest BCUT2D eigenvalue weighted by Crippen LogP contribution is 2.51. The number of benzene rings is 1. The molecule has 2 aromatic heterocycles. The fourth-order valence-electron chi connectivity index (χ4n) is 5.07. The van der Waals surface area contributed by atoms with Gasteiger partial charge in [0.25, 0.3) is 6.01 Å². The molecule has 0 spiro atoms. The van der Waals surface area contributed by atoms with E-state index in [2.05, 4.69) is 60.3 Å². The van der Waals surface area contributed by atoms with Gasteiger partial charge < -0.3 is 19.6 Å². The highest BCUT2D eigenvalue weighted by atomic mass is 16.5. The molecule has 4 heterocycles. The average molecular weight is 462 g/mol. The lowest BCUT2D eigenvalue weighted by molar-refractivity contribution is -0.174. The summed E-state index contributed by atoms with van der Waals surface area (Å²) in [4.78, 5) is 20.1. The van der Waals surface area contributed by atoms with Crippen molar-refractivity contribution in [3.8, 4) is 11.3 Å². The van der Waals surface area contributed by atoms with Gasteiger partial charge in [-0.1, -0.05) is 45.0 Å². The number of rotatable bonds is 6. The number of nitrogens with one attached hydrogen (secondary N) is 1. The minimum atomic E-state index is -0.775. The van der Waals surface area contributed by atoms with Crippen LogP contribution in [-0.2, 0) is 20.4 Å². The second-order valence-corrected chi connectivity index (χ2v) is 10.7. The molecule has 1 saturated carbocycles. The van der Waals surface area contributed by atoms with Crippen LogP contribution < -0.4 is 5.32 Å². The highest BCUT2D eigenvalue weighted by molar-refractivity contribution is 5.68. The number of fused-ring (bicyclic) bond motifs is 3. The molecule has 2 aliphatic heterocycles. The number of hydrogen-bond acceptors (Lipinski definition) is 6. The number of ether oxygens (including phenoxy) is 1. The standard InChI is InChI=1S/C27H31N3O4/c1-25(2,3)22-16-29-24(34-22)30-20-8-9-21(28-15-20)18-4-6-19(7-5-18)26-10-12-27(13-11-26,33-17-26)14-23(31)32/h4-9,15-16H,10-14,17H2,1-3H3,(H,29,30)(H,31,32). The van der Waals surface area contributed by atoms with Gasteiger partial charge in [-0.3, -0.25) is 9.78 Å². The summed E-state index contributed by atoms with van der Waals surface area (Å²) in [5.74, 6) is 0.0515. The molecular formula is C27H31N3O4. The molecule has 0 amide bonds. The first-order valence-corrected chi connectivity index (χ1v) is 11.8. The van der Waals surface area contributed by atoms with Crippen molar-refractivity contribution < 1.29 is 19.1 Å². The third kappa shape index (κ3) is 4.32. The van der Waals surface area contributed by atoms with E-state index in [4.69, 9.17) is 9.15 Å². The van der Waals surface area contributed by atoms with Crippen molar-refractivity contribution in [3.63, 3.8) is 0 Å². The van der Waals surface area contributed by atoms with Crippen LogP contribution in [0.3, 0.4) is 0 Å². The predicted octanol–water partition coefficient (Wildman–Crippen LogP) is 5.83. The maximum Gasteiger partial charge on any atom is 0.306 e. The third-order valence-electron chi connectivity index (χ3n) is 7.30. The zero-order valence-electron chi connectivity index (χ0n) is 19.9. The number of aromatic nitrogens is 2. The van der Waals surface area contributed by atoms with Crippen LogP contribution in [0, 0.1) is 0 Å². The Hall–Kier alpha value is -3.19. The van der Waals surface area contributed by atoms with Crippen molar-refractivity contribution in [2.24, 2.45) is 0 Å². The van der Waals surface area contributed by atoms with E-state index >= 15 is 0 Å². The molecule has 7 nitrogen and oxygen atoms in total. The van der Waals surface area contributed by atoms with Gasteiger partial charge in [0.05, 0.1) is 42.4 Å². The number of carboxylic acid groups (broad SMARTS) is 1. The topological polar surface area (TPSA) is 97.5 Å². The van der Waals surface area contributed by atoms with E-state index in [1.165, 1.54) is 5.56 Å². The summed E-state index contributed by atoms with van der Waals surface area (Å²) >= 11 is 0. The van der Waals surface area contributed by atoms with Crippen molar-refractivity contribution in [3.05, 3.63) is 60.1 Å². The van der Waals surface area contributed by atoms with Crippen LogP contribution in [0.15, 0.2) is 53.2 Å². The van der Waals surface area contributed by atoms with Crippen LogP contribution >= 0.6 is 0 Å². The maximum absolute atomic E-state index is 11.2. The molecule has 0 unspecified atom stereocenters. The molecule has 2 N–H and O–H groups in total. The minimum absolute atomic E-state index is 0.0120. The smallest absolute Gasteiger partial charge is 0.306 e. The van der Waals surface area contributed by atoms with Gasteiger partial charge in [0.1, 0.15) is 5.76 Å². The van der Waals surface area contributed by atoms with E-state index in [0.29, 0.717) is 12.6 Å². The third-order valence-corrected chi connectivity index (χ3v) is 7.30. The number of carbonyl (C=O) groups is 1. The maximum atomic E-state index is 11.2. The predicted molar refractivity (Wildman–Crippen MR) is 129 cm³/mol. The zero-order valence-corrected chi connectivity index (χ0v) is 19.9. The van der Waals surface area contributed by atoms with Crippen LogP contribution in [0.1, 0.15) is 64.2 Å². The zero-order chi connectivity index (χ0) is 24.0.